The molecular weight excluding hydrogens is 332 g/mol. The first-order valence-corrected chi connectivity index (χ1v) is 8.23. The zero-order valence-corrected chi connectivity index (χ0v) is 15.1. The lowest BCUT2D eigenvalue weighted by atomic mass is 10.2. The van der Waals surface area contributed by atoms with Crippen LogP contribution in [-0.4, -0.2) is 48.4 Å². The van der Waals surface area contributed by atoms with Gasteiger partial charge in [-0.15, -0.1) is 10.2 Å². The van der Waals surface area contributed by atoms with Crippen LogP contribution < -0.4 is 20.1 Å². The molecule has 26 heavy (non-hydrogen) atoms. The minimum absolute atomic E-state index is 0.655. The SMILES string of the molecule is CN=C(NCCc1nnc2ccccn12)Nc1ccc(OC)c(OC)c1. The average molecular weight is 354 g/mol. The van der Waals surface area contributed by atoms with Crippen LogP contribution in [0.3, 0.4) is 0 Å². The smallest absolute Gasteiger partial charge is 0.195 e. The molecule has 0 radical (unpaired) electrons. The summed E-state index contributed by atoms with van der Waals surface area (Å²) < 4.78 is 12.5. The normalized spacial score (nSPS) is 11.4. The summed E-state index contributed by atoms with van der Waals surface area (Å²) in [7, 11) is 4.94. The van der Waals surface area contributed by atoms with Gasteiger partial charge < -0.3 is 20.1 Å². The van der Waals surface area contributed by atoms with Crippen molar-refractivity contribution in [1.29, 1.82) is 0 Å². The van der Waals surface area contributed by atoms with Crippen LogP contribution in [0.4, 0.5) is 5.69 Å². The number of guanidine groups is 1. The van der Waals surface area contributed by atoms with Crippen molar-refractivity contribution in [3.8, 4) is 11.5 Å². The number of aliphatic imine (C=N–C) groups is 1. The number of anilines is 1. The summed E-state index contributed by atoms with van der Waals surface area (Å²) in [4.78, 5) is 4.24. The first-order chi connectivity index (χ1) is 12.7. The Labute approximate surface area is 151 Å². The number of rotatable bonds is 6. The van der Waals surface area contributed by atoms with Crippen molar-refractivity contribution in [1.82, 2.24) is 19.9 Å². The van der Waals surface area contributed by atoms with Gasteiger partial charge in [0.15, 0.2) is 23.1 Å². The number of hydrogen-bond acceptors (Lipinski definition) is 5. The zero-order valence-electron chi connectivity index (χ0n) is 15.1. The lowest BCUT2D eigenvalue weighted by Crippen LogP contribution is -2.32. The number of hydrogen-bond donors (Lipinski definition) is 2. The van der Waals surface area contributed by atoms with Gasteiger partial charge >= 0.3 is 0 Å². The maximum Gasteiger partial charge on any atom is 0.195 e. The first-order valence-electron chi connectivity index (χ1n) is 8.23. The molecule has 8 nitrogen and oxygen atoms in total. The maximum atomic E-state index is 5.32. The Kier molecular flexibility index (Phi) is 5.52. The van der Waals surface area contributed by atoms with E-state index in [4.69, 9.17) is 9.47 Å². The second-order valence-corrected chi connectivity index (χ2v) is 5.49. The molecule has 0 aliphatic heterocycles. The topological polar surface area (TPSA) is 85.1 Å². The van der Waals surface area contributed by atoms with E-state index in [0.717, 1.165) is 23.6 Å². The van der Waals surface area contributed by atoms with Gasteiger partial charge in [-0.3, -0.25) is 9.39 Å². The molecule has 0 saturated heterocycles. The molecular formula is C18H22N6O2. The predicted octanol–water partition coefficient (Wildman–Crippen LogP) is 1.98. The largest absolute Gasteiger partial charge is 0.493 e. The van der Waals surface area contributed by atoms with Crippen LogP contribution in [0.1, 0.15) is 5.82 Å². The van der Waals surface area contributed by atoms with Crippen molar-refractivity contribution in [2.45, 2.75) is 6.42 Å². The predicted molar refractivity (Wildman–Crippen MR) is 101 cm³/mol. The van der Waals surface area contributed by atoms with Crippen molar-refractivity contribution in [3.63, 3.8) is 0 Å². The number of ether oxygens (including phenoxy) is 2. The monoisotopic (exact) mass is 354 g/mol. The van der Waals surface area contributed by atoms with Crippen LogP contribution in [-0.2, 0) is 6.42 Å². The highest BCUT2D eigenvalue weighted by Gasteiger charge is 2.07. The molecule has 136 valence electrons. The minimum atomic E-state index is 0.655. The number of pyridine rings is 1. The van der Waals surface area contributed by atoms with Gasteiger partial charge in [0.25, 0.3) is 0 Å². The van der Waals surface area contributed by atoms with Crippen LogP contribution in [0.2, 0.25) is 0 Å². The lowest BCUT2D eigenvalue weighted by molar-refractivity contribution is 0.355. The van der Waals surface area contributed by atoms with Gasteiger partial charge in [0.1, 0.15) is 5.82 Å². The molecule has 2 N–H and O–H groups in total. The van der Waals surface area contributed by atoms with Gasteiger partial charge in [0.2, 0.25) is 0 Å². The van der Waals surface area contributed by atoms with Crippen molar-refractivity contribution >= 4 is 17.3 Å². The molecule has 2 aromatic heterocycles. The molecule has 0 saturated carbocycles. The lowest BCUT2D eigenvalue weighted by Gasteiger charge is -2.13. The highest BCUT2D eigenvalue weighted by molar-refractivity contribution is 5.93. The molecule has 0 unspecified atom stereocenters. The van der Waals surface area contributed by atoms with E-state index in [1.54, 1.807) is 21.3 Å². The van der Waals surface area contributed by atoms with E-state index in [1.807, 2.05) is 47.0 Å². The number of benzene rings is 1. The third kappa shape index (κ3) is 3.85. The molecule has 0 spiro atoms. The molecule has 3 aromatic rings. The molecule has 8 heteroatoms. The zero-order chi connectivity index (χ0) is 18.4. The Morgan fingerprint density at radius 3 is 2.73 bits per heavy atom. The van der Waals surface area contributed by atoms with E-state index < -0.39 is 0 Å². The summed E-state index contributed by atoms with van der Waals surface area (Å²) in [5.41, 5.74) is 1.69. The quantitative estimate of drug-likeness (QED) is 0.520. The Morgan fingerprint density at radius 2 is 1.96 bits per heavy atom. The number of aromatic nitrogens is 3. The summed E-state index contributed by atoms with van der Waals surface area (Å²) in [6, 6.07) is 11.4. The van der Waals surface area contributed by atoms with Crippen molar-refractivity contribution in [2.75, 3.05) is 33.1 Å². The van der Waals surface area contributed by atoms with Crippen molar-refractivity contribution < 1.29 is 9.47 Å². The average Bonchev–Trinajstić information content (AvgIpc) is 3.10. The Hall–Kier alpha value is -3.29. The maximum absolute atomic E-state index is 5.32. The Morgan fingerprint density at radius 1 is 1.12 bits per heavy atom. The van der Waals surface area contributed by atoms with E-state index >= 15 is 0 Å². The van der Waals surface area contributed by atoms with Gasteiger partial charge in [0, 0.05) is 38.0 Å². The molecule has 0 atom stereocenters. The molecule has 0 aliphatic rings. The van der Waals surface area contributed by atoms with E-state index in [9.17, 15) is 0 Å². The van der Waals surface area contributed by atoms with Gasteiger partial charge in [0.05, 0.1) is 14.2 Å². The van der Waals surface area contributed by atoms with E-state index in [2.05, 4.69) is 25.8 Å². The number of fused-ring (bicyclic) bond motifs is 1. The summed E-state index contributed by atoms with van der Waals surface area (Å²) >= 11 is 0. The van der Waals surface area contributed by atoms with Crippen molar-refractivity contribution in [3.05, 3.63) is 48.4 Å². The highest BCUT2D eigenvalue weighted by Crippen LogP contribution is 2.29. The number of nitrogens with one attached hydrogen (secondary N) is 2. The first kappa shape index (κ1) is 17.5. The van der Waals surface area contributed by atoms with Gasteiger partial charge in [-0.1, -0.05) is 6.07 Å². The Bertz CT molecular complexity index is 906. The molecule has 1 aromatic carbocycles. The third-order valence-electron chi connectivity index (χ3n) is 3.90. The molecule has 2 heterocycles. The fourth-order valence-corrected chi connectivity index (χ4v) is 2.58. The molecule has 3 rings (SSSR count). The summed E-state index contributed by atoms with van der Waals surface area (Å²) in [5, 5.41) is 14.9. The number of methoxy groups -OCH3 is 2. The standard InChI is InChI=1S/C18H22N6O2/c1-19-18(21-13-7-8-14(25-2)15(12-13)26-3)20-10-9-17-23-22-16-6-4-5-11-24(16)17/h4-8,11-12H,9-10H2,1-3H3,(H2,19,20,21). The molecule has 0 aliphatic carbocycles. The molecule has 0 amide bonds. The van der Waals surface area contributed by atoms with Crippen LogP contribution in [0.25, 0.3) is 5.65 Å². The van der Waals surface area contributed by atoms with E-state index in [1.165, 1.54) is 0 Å². The third-order valence-corrected chi connectivity index (χ3v) is 3.90. The second kappa shape index (κ2) is 8.19. The van der Waals surface area contributed by atoms with Gasteiger partial charge in [-0.2, -0.15) is 0 Å². The summed E-state index contributed by atoms with van der Waals surface area (Å²) in [6.07, 6.45) is 2.68. The van der Waals surface area contributed by atoms with E-state index in [-0.39, 0.29) is 0 Å². The van der Waals surface area contributed by atoms with Crippen LogP contribution in [0.15, 0.2) is 47.6 Å². The highest BCUT2D eigenvalue weighted by atomic mass is 16.5. The van der Waals surface area contributed by atoms with Crippen LogP contribution in [0, 0.1) is 0 Å². The summed E-state index contributed by atoms with van der Waals surface area (Å²) in [6.45, 7) is 0.669. The minimum Gasteiger partial charge on any atom is -0.493 e. The van der Waals surface area contributed by atoms with Crippen molar-refractivity contribution in [2.24, 2.45) is 4.99 Å². The fourth-order valence-electron chi connectivity index (χ4n) is 2.58. The number of nitrogens with zero attached hydrogens (tertiary/aromatic N) is 4. The van der Waals surface area contributed by atoms with E-state index in [0.29, 0.717) is 24.0 Å². The second-order valence-electron chi connectivity index (χ2n) is 5.49. The van der Waals surface area contributed by atoms with Crippen LogP contribution >= 0.6 is 0 Å². The fraction of sp³-hybridized carbons (Fsp3) is 0.278. The molecule has 0 bridgehead atoms. The van der Waals surface area contributed by atoms with Gasteiger partial charge in [-0.05, 0) is 24.3 Å². The van der Waals surface area contributed by atoms with Crippen LogP contribution in [0.5, 0.6) is 11.5 Å². The summed E-state index contributed by atoms with van der Waals surface area (Å²) in [5.74, 6) is 2.89. The van der Waals surface area contributed by atoms with Gasteiger partial charge in [-0.25, -0.2) is 0 Å². The Balaban J connectivity index is 1.60. The molecule has 0 fully saturated rings.